The summed E-state index contributed by atoms with van der Waals surface area (Å²) in [6, 6.07) is 0. The molecule has 0 aliphatic rings. The molecule has 1 rings (SSSR count). The van der Waals surface area contributed by atoms with Crippen molar-refractivity contribution in [2.24, 2.45) is 0 Å². The van der Waals surface area contributed by atoms with Crippen LogP contribution < -0.4 is 0 Å². The normalized spacial score (nSPS) is 11.5. The van der Waals surface area contributed by atoms with Gasteiger partial charge in [-0.2, -0.15) is 0 Å². The van der Waals surface area contributed by atoms with E-state index in [4.69, 9.17) is 0 Å². The fourth-order valence-corrected chi connectivity index (χ4v) is 2.44. The van der Waals surface area contributed by atoms with E-state index in [1.54, 1.807) is 6.92 Å². The minimum atomic E-state index is -3.27. The Bertz CT molecular complexity index is 404. The topological polar surface area (TPSA) is 64.1 Å². The fraction of sp³-hybridized carbons (Fsp3) is 0.333. The highest BCUT2D eigenvalue weighted by atomic mass is 32.2. The molecule has 1 aromatic rings. The maximum atomic E-state index is 10.9. The van der Waals surface area contributed by atoms with E-state index in [-0.39, 0.29) is 4.34 Å². The summed E-state index contributed by atoms with van der Waals surface area (Å²) in [5.41, 5.74) is 0.468. The van der Waals surface area contributed by atoms with Crippen LogP contribution in [0.2, 0.25) is 0 Å². The lowest BCUT2D eigenvalue weighted by molar-refractivity contribution is 0.112. The van der Waals surface area contributed by atoms with Crippen LogP contribution in [0.25, 0.3) is 0 Å². The smallest absolute Gasteiger partial charge is 0.209 e. The van der Waals surface area contributed by atoms with E-state index in [1.165, 1.54) is 0 Å². The number of nitrogens with zero attached hydrogens (tertiary/aromatic N) is 1. The fourth-order valence-electron chi connectivity index (χ4n) is 0.651. The van der Waals surface area contributed by atoms with E-state index in [0.717, 1.165) is 17.6 Å². The molecule has 0 bridgehead atoms. The van der Waals surface area contributed by atoms with Crippen LogP contribution in [0.15, 0.2) is 4.34 Å². The van der Waals surface area contributed by atoms with Crippen molar-refractivity contribution in [2.45, 2.75) is 11.3 Å². The molecule has 0 amide bonds. The van der Waals surface area contributed by atoms with Gasteiger partial charge in [0, 0.05) is 6.26 Å². The van der Waals surface area contributed by atoms with Gasteiger partial charge in [0.2, 0.25) is 14.2 Å². The molecule has 0 radical (unpaired) electrons. The van der Waals surface area contributed by atoms with Crippen molar-refractivity contribution < 1.29 is 13.2 Å². The van der Waals surface area contributed by atoms with Gasteiger partial charge in [-0.05, 0) is 6.92 Å². The lowest BCUT2D eigenvalue weighted by Gasteiger charge is -1.85. The Hall–Kier alpha value is -0.750. The highest BCUT2D eigenvalue weighted by Gasteiger charge is 2.14. The van der Waals surface area contributed by atoms with Gasteiger partial charge in [0.1, 0.15) is 0 Å². The average molecular weight is 205 g/mol. The van der Waals surface area contributed by atoms with Crippen LogP contribution in [0.5, 0.6) is 0 Å². The van der Waals surface area contributed by atoms with Crippen molar-refractivity contribution in [3.63, 3.8) is 0 Å². The van der Waals surface area contributed by atoms with Crippen LogP contribution >= 0.6 is 11.3 Å². The van der Waals surface area contributed by atoms with Crippen LogP contribution in [0.1, 0.15) is 15.4 Å². The molecule has 66 valence electrons. The number of hydrogen-bond acceptors (Lipinski definition) is 5. The molecule has 0 saturated heterocycles. The molecule has 0 aliphatic carbocycles. The van der Waals surface area contributed by atoms with Crippen LogP contribution in [0.3, 0.4) is 0 Å². The minimum absolute atomic E-state index is 0.00194. The number of hydrogen-bond donors (Lipinski definition) is 0. The predicted octanol–water partition coefficient (Wildman–Crippen LogP) is 0.668. The molecule has 0 atom stereocenters. The first-order chi connectivity index (χ1) is 5.45. The second kappa shape index (κ2) is 2.95. The zero-order chi connectivity index (χ0) is 9.35. The lowest BCUT2D eigenvalue weighted by Crippen LogP contribution is -1.95. The highest BCUT2D eigenvalue weighted by Crippen LogP contribution is 2.19. The first-order valence-corrected chi connectivity index (χ1v) is 5.78. The molecule has 0 aliphatic heterocycles. The zero-order valence-electron chi connectivity index (χ0n) is 6.57. The molecule has 6 heteroatoms. The molecular formula is C6H7NO3S2. The third-order valence-corrected chi connectivity index (χ3v) is 4.00. The third kappa shape index (κ3) is 1.70. The van der Waals surface area contributed by atoms with Gasteiger partial charge in [0.25, 0.3) is 0 Å². The Balaban J connectivity index is 3.32. The van der Waals surface area contributed by atoms with Crippen molar-refractivity contribution in [1.29, 1.82) is 0 Å². The molecule has 1 heterocycles. The van der Waals surface area contributed by atoms with Crippen molar-refractivity contribution in [3.8, 4) is 0 Å². The summed E-state index contributed by atoms with van der Waals surface area (Å²) in [5, 5.41) is 0. The van der Waals surface area contributed by atoms with Gasteiger partial charge in [0.05, 0.1) is 10.6 Å². The monoisotopic (exact) mass is 205 g/mol. The summed E-state index contributed by atoms with van der Waals surface area (Å²) >= 11 is 0.899. The largest absolute Gasteiger partial charge is 0.297 e. The van der Waals surface area contributed by atoms with Gasteiger partial charge < -0.3 is 0 Å². The Morgan fingerprint density at radius 1 is 1.50 bits per heavy atom. The standard InChI is InChI=1S/C6H7NO3S2/c1-4-5(3-8)11-6(7-4)12(2,9)10/h3H,1-2H3. The number of rotatable bonds is 2. The Kier molecular flexibility index (Phi) is 2.29. The van der Waals surface area contributed by atoms with Gasteiger partial charge in [-0.1, -0.05) is 11.3 Å². The predicted molar refractivity (Wildman–Crippen MR) is 45.3 cm³/mol. The Labute approximate surface area is 74.2 Å². The number of thiazole rings is 1. The Morgan fingerprint density at radius 3 is 2.33 bits per heavy atom. The van der Waals surface area contributed by atoms with E-state index in [0.29, 0.717) is 16.9 Å². The van der Waals surface area contributed by atoms with E-state index in [9.17, 15) is 13.2 Å². The van der Waals surface area contributed by atoms with Gasteiger partial charge in [-0.3, -0.25) is 4.79 Å². The number of sulfone groups is 1. The van der Waals surface area contributed by atoms with E-state index in [1.807, 2.05) is 0 Å². The second-order valence-electron chi connectivity index (χ2n) is 2.32. The van der Waals surface area contributed by atoms with Crippen LogP contribution in [-0.4, -0.2) is 25.9 Å². The van der Waals surface area contributed by atoms with Gasteiger partial charge in [-0.15, -0.1) is 0 Å². The van der Waals surface area contributed by atoms with Crippen molar-refractivity contribution in [1.82, 2.24) is 4.98 Å². The van der Waals surface area contributed by atoms with Gasteiger partial charge in [-0.25, -0.2) is 13.4 Å². The van der Waals surface area contributed by atoms with Crippen LogP contribution in [0.4, 0.5) is 0 Å². The molecule has 0 unspecified atom stereocenters. The zero-order valence-corrected chi connectivity index (χ0v) is 8.20. The third-order valence-electron chi connectivity index (χ3n) is 1.24. The number of carbonyl (C=O) groups is 1. The van der Waals surface area contributed by atoms with Gasteiger partial charge >= 0.3 is 0 Å². The summed E-state index contributed by atoms with van der Waals surface area (Å²) in [6.45, 7) is 1.61. The molecule has 0 saturated carbocycles. The maximum Gasteiger partial charge on any atom is 0.209 e. The molecule has 0 aromatic carbocycles. The van der Waals surface area contributed by atoms with Crippen LogP contribution in [0, 0.1) is 6.92 Å². The maximum absolute atomic E-state index is 10.9. The molecule has 0 spiro atoms. The molecular weight excluding hydrogens is 198 g/mol. The van der Waals surface area contributed by atoms with E-state index < -0.39 is 9.84 Å². The summed E-state index contributed by atoms with van der Waals surface area (Å²) in [7, 11) is -3.27. The number of aromatic nitrogens is 1. The van der Waals surface area contributed by atoms with Gasteiger partial charge in [0.15, 0.2) is 6.29 Å². The number of aryl methyl sites for hydroxylation is 1. The summed E-state index contributed by atoms with van der Waals surface area (Å²) in [5.74, 6) is 0. The van der Waals surface area contributed by atoms with Crippen molar-refractivity contribution in [3.05, 3.63) is 10.6 Å². The molecule has 0 N–H and O–H groups in total. The van der Waals surface area contributed by atoms with Crippen molar-refractivity contribution >= 4 is 27.5 Å². The number of carbonyl (C=O) groups excluding carboxylic acids is 1. The van der Waals surface area contributed by atoms with Crippen LogP contribution in [-0.2, 0) is 9.84 Å². The molecule has 12 heavy (non-hydrogen) atoms. The highest BCUT2D eigenvalue weighted by molar-refractivity contribution is 7.92. The average Bonchev–Trinajstić information content (AvgIpc) is 2.29. The first kappa shape index (κ1) is 9.34. The summed E-state index contributed by atoms with van der Waals surface area (Å²) < 4.78 is 21.9. The SMILES string of the molecule is Cc1nc(S(C)(=O)=O)sc1C=O. The molecule has 0 fully saturated rings. The van der Waals surface area contributed by atoms with E-state index >= 15 is 0 Å². The first-order valence-electron chi connectivity index (χ1n) is 3.08. The summed E-state index contributed by atoms with van der Waals surface area (Å²) in [4.78, 5) is 14.5. The second-order valence-corrected chi connectivity index (χ2v) is 5.54. The number of aldehydes is 1. The quantitative estimate of drug-likeness (QED) is 0.665. The van der Waals surface area contributed by atoms with E-state index in [2.05, 4.69) is 4.98 Å². The summed E-state index contributed by atoms with van der Waals surface area (Å²) in [6.07, 6.45) is 1.68. The Morgan fingerprint density at radius 2 is 2.08 bits per heavy atom. The van der Waals surface area contributed by atoms with Crippen molar-refractivity contribution in [2.75, 3.05) is 6.26 Å². The minimum Gasteiger partial charge on any atom is -0.297 e. The lowest BCUT2D eigenvalue weighted by atomic mass is 10.4. The molecule has 4 nitrogen and oxygen atoms in total. The molecule has 1 aromatic heterocycles.